The lowest BCUT2D eigenvalue weighted by molar-refractivity contribution is 0.0644. The summed E-state index contributed by atoms with van der Waals surface area (Å²) in [6.07, 6.45) is 5.60. The van der Waals surface area contributed by atoms with Crippen LogP contribution in [0.5, 0.6) is 0 Å². The maximum Gasteiger partial charge on any atom is 0.349 e. The zero-order valence-electron chi connectivity index (χ0n) is 12.9. The Morgan fingerprint density at radius 2 is 1.95 bits per heavy atom. The summed E-state index contributed by atoms with van der Waals surface area (Å²) in [5.74, 6) is -0.200. The van der Waals surface area contributed by atoms with Crippen molar-refractivity contribution in [1.29, 1.82) is 0 Å². The quantitative estimate of drug-likeness (QED) is 0.814. The van der Waals surface area contributed by atoms with Crippen LogP contribution in [-0.4, -0.2) is 23.4 Å². The lowest BCUT2D eigenvalue weighted by atomic mass is 9.93. The monoisotopic (exact) mass is 299 g/mol. The second-order valence-corrected chi connectivity index (χ2v) is 5.87. The minimum atomic E-state index is -0.544. The minimum Gasteiger partial charge on any atom is -0.422 e. The molecule has 1 aliphatic carbocycles. The van der Waals surface area contributed by atoms with E-state index in [2.05, 4.69) is 0 Å². The smallest absolute Gasteiger partial charge is 0.349 e. The van der Waals surface area contributed by atoms with E-state index in [-0.39, 0.29) is 17.5 Å². The number of para-hydroxylation sites is 1. The molecule has 0 bridgehead atoms. The summed E-state index contributed by atoms with van der Waals surface area (Å²) >= 11 is 0. The summed E-state index contributed by atoms with van der Waals surface area (Å²) in [4.78, 5) is 26.8. The lowest BCUT2D eigenvalue weighted by Gasteiger charge is -2.33. The average molecular weight is 299 g/mol. The third-order valence-corrected chi connectivity index (χ3v) is 4.49. The van der Waals surface area contributed by atoms with Gasteiger partial charge in [0.1, 0.15) is 11.1 Å². The van der Waals surface area contributed by atoms with Crippen molar-refractivity contribution in [2.75, 3.05) is 6.54 Å². The molecule has 1 aliphatic rings. The van der Waals surface area contributed by atoms with Crippen LogP contribution in [0, 0.1) is 0 Å². The first-order valence-corrected chi connectivity index (χ1v) is 8.04. The van der Waals surface area contributed by atoms with Gasteiger partial charge in [-0.3, -0.25) is 4.79 Å². The van der Waals surface area contributed by atoms with Gasteiger partial charge >= 0.3 is 5.63 Å². The third-order valence-electron chi connectivity index (χ3n) is 4.49. The maximum atomic E-state index is 12.8. The van der Waals surface area contributed by atoms with Gasteiger partial charge in [0, 0.05) is 18.0 Å². The molecule has 1 heterocycles. The molecule has 1 aromatic heterocycles. The van der Waals surface area contributed by atoms with E-state index in [1.807, 2.05) is 30.0 Å². The number of hydrogen-bond donors (Lipinski definition) is 0. The van der Waals surface area contributed by atoms with E-state index in [9.17, 15) is 9.59 Å². The molecule has 3 rings (SSSR count). The van der Waals surface area contributed by atoms with Crippen molar-refractivity contribution in [3.8, 4) is 0 Å². The molecule has 0 radical (unpaired) electrons. The van der Waals surface area contributed by atoms with Gasteiger partial charge in [0.2, 0.25) is 0 Å². The molecule has 4 nitrogen and oxygen atoms in total. The van der Waals surface area contributed by atoms with E-state index in [0.717, 1.165) is 31.1 Å². The van der Waals surface area contributed by atoms with E-state index < -0.39 is 5.63 Å². The van der Waals surface area contributed by atoms with E-state index in [0.29, 0.717) is 12.1 Å². The molecule has 4 heteroatoms. The van der Waals surface area contributed by atoms with Crippen LogP contribution in [0.3, 0.4) is 0 Å². The van der Waals surface area contributed by atoms with Crippen molar-refractivity contribution in [2.45, 2.75) is 45.1 Å². The van der Waals surface area contributed by atoms with Gasteiger partial charge in [0.25, 0.3) is 5.91 Å². The lowest BCUT2D eigenvalue weighted by Crippen LogP contribution is -2.42. The number of amides is 1. The molecule has 116 valence electrons. The minimum absolute atomic E-state index is 0.145. The summed E-state index contributed by atoms with van der Waals surface area (Å²) in [5, 5.41) is 0.783. The van der Waals surface area contributed by atoms with Crippen LogP contribution in [0.25, 0.3) is 11.0 Å². The van der Waals surface area contributed by atoms with Gasteiger partial charge in [-0.2, -0.15) is 0 Å². The first-order valence-electron chi connectivity index (χ1n) is 8.04. The molecule has 0 N–H and O–H groups in total. The fourth-order valence-corrected chi connectivity index (χ4v) is 3.33. The van der Waals surface area contributed by atoms with E-state index in [1.54, 1.807) is 12.1 Å². The molecule has 2 aromatic rings. The van der Waals surface area contributed by atoms with Crippen LogP contribution in [0.2, 0.25) is 0 Å². The summed E-state index contributed by atoms with van der Waals surface area (Å²) in [6, 6.07) is 9.18. The highest BCUT2D eigenvalue weighted by molar-refractivity contribution is 5.96. The topological polar surface area (TPSA) is 50.5 Å². The molecule has 0 atom stereocenters. The molecule has 0 spiro atoms. The molecule has 22 heavy (non-hydrogen) atoms. The van der Waals surface area contributed by atoms with Crippen LogP contribution in [0.4, 0.5) is 0 Å². The van der Waals surface area contributed by atoms with Crippen molar-refractivity contribution in [3.05, 3.63) is 46.3 Å². The summed E-state index contributed by atoms with van der Waals surface area (Å²) in [7, 11) is 0. The molecule has 1 aromatic carbocycles. The van der Waals surface area contributed by atoms with Gasteiger partial charge in [-0.25, -0.2) is 4.79 Å². The number of benzene rings is 1. The Balaban J connectivity index is 1.96. The van der Waals surface area contributed by atoms with Crippen LogP contribution in [0.1, 0.15) is 49.4 Å². The number of carbonyl (C=O) groups is 1. The summed E-state index contributed by atoms with van der Waals surface area (Å²) in [5.41, 5.74) is 0.119. The van der Waals surface area contributed by atoms with E-state index in [1.165, 1.54) is 6.42 Å². The Labute approximate surface area is 129 Å². The molecule has 1 fully saturated rings. The normalized spacial score (nSPS) is 15.9. The molecular formula is C18H21NO3. The Kier molecular flexibility index (Phi) is 4.27. The highest BCUT2D eigenvalue weighted by atomic mass is 16.4. The van der Waals surface area contributed by atoms with Gasteiger partial charge in [0.05, 0.1) is 0 Å². The first-order chi connectivity index (χ1) is 10.7. The van der Waals surface area contributed by atoms with Gasteiger partial charge in [-0.05, 0) is 31.9 Å². The van der Waals surface area contributed by atoms with Crippen molar-refractivity contribution < 1.29 is 9.21 Å². The van der Waals surface area contributed by atoms with Gasteiger partial charge < -0.3 is 9.32 Å². The zero-order chi connectivity index (χ0) is 15.5. The number of fused-ring (bicyclic) bond motifs is 1. The maximum absolute atomic E-state index is 12.8. The Hall–Kier alpha value is -2.10. The predicted molar refractivity (Wildman–Crippen MR) is 86.1 cm³/mol. The number of nitrogens with zero attached hydrogens (tertiary/aromatic N) is 1. The molecule has 1 amide bonds. The molecular weight excluding hydrogens is 278 g/mol. The Morgan fingerprint density at radius 1 is 1.23 bits per heavy atom. The number of rotatable bonds is 3. The largest absolute Gasteiger partial charge is 0.422 e. The Bertz CT molecular complexity index is 728. The fraction of sp³-hybridized carbons (Fsp3) is 0.444. The van der Waals surface area contributed by atoms with E-state index >= 15 is 0 Å². The molecule has 1 saturated carbocycles. The summed E-state index contributed by atoms with van der Waals surface area (Å²) in [6.45, 7) is 2.59. The SMILES string of the molecule is CCN(C(=O)c1cc2ccccc2oc1=O)C1CCCCC1. The number of hydrogen-bond acceptors (Lipinski definition) is 3. The van der Waals surface area contributed by atoms with Gasteiger partial charge in [-0.1, -0.05) is 37.5 Å². The third kappa shape index (κ3) is 2.78. The molecule has 0 saturated heterocycles. The number of carbonyl (C=O) groups excluding carboxylic acids is 1. The van der Waals surface area contributed by atoms with Crippen molar-refractivity contribution in [2.24, 2.45) is 0 Å². The van der Waals surface area contributed by atoms with Crippen molar-refractivity contribution in [3.63, 3.8) is 0 Å². The van der Waals surface area contributed by atoms with Crippen molar-refractivity contribution >= 4 is 16.9 Å². The second-order valence-electron chi connectivity index (χ2n) is 5.87. The zero-order valence-corrected chi connectivity index (χ0v) is 12.9. The highest BCUT2D eigenvalue weighted by Gasteiger charge is 2.27. The van der Waals surface area contributed by atoms with Gasteiger partial charge in [-0.15, -0.1) is 0 Å². The van der Waals surface area contributed by atoms with Crippen LogP contribution in [0.15, 0.2) is 39.5 Å². The Morgan fingerprint density at radius 3 is 2.68 bits per heavy atom. The van der Waals surface area contributed by atoms with Crippen LogP contribution in [-0.2, 0) is 0 Å². The van der Waals surface area contributed by atoms with Crippen molar-refractivity contribution in [1.82, 2.24) is 4.90 Å². The molecule has 0 aliphatic heterocycles. The summed E-state index contributed by atoms with van der Waals surface area (Å²) < 4.78 is 5.29. The predicted octanol–water partition coefficient (Wildman–Crippen LogP) is 3.59. The van der Waals surface area contributed by atoms with Crippen LogP contribution >= 0.6 is 0 Å². The van der Waals surface area contributed by atoms with E-state index in [4.69, 9.17) is 4.42 Å². The average Bonchev–Trinajstić information content (AvgIpc) is 2.55. The van der Waals surface area contributed by atoms with Crippen LogP contribution < -0.4 is 5.63 Å². The molecule has 0 unspecified atom stereocenters. The first kappa shape index (κ1) is 14.8. The van der Waals surface area contributed by atoms with Gasteiger partial charge in [0.15, 0.2) is 0 Å². The fourth-order valence-electron chi connectivity index (χ4n) is 3.33. The highest BCUT2D eigenvalue weighted by Crippen LogP contribution is 2.24. The standard InChI is InChI=1S/C18H21NO3/c1-2-19(14-9-4-3-5-10-14)17(20)15-12-13-8-6-7-11-16(13)22-18(15)21/h6-8,11-12,14H,2-5,9-10H2,1H3. The second kappa shape index (κ2) is 6.34.